The lowest BCUT2D eigenvalue weighted by Gasteiger charge is -2.21. The van der Waals surface area contributed by atoms with E-state index in [2.05, 4.69) is 10.4 Å². The van der Waals surface area contributed by atoms with Crippen molar-refractivity contribution in [2.24, 2.45) is 7.05 Å². The highest BCUT2D eigenvalue weighted by Gasteiger charge is 2.23. The van der Waals surface area contributed by atoms with Gasteiger partial charge in [-0.2, -0.15) is 5.10 Å². The Morgan fingerprint density at radius 3 is 2.50 bits per heavy atom. The standard InChI is InChI=1S/C20H26ClN5O4/c1-6-9-25(19(28)13-7-8-14(21)15(10-13)26(29)30)12-18(27)22-17-11-16(20(2,3)4)23-24(17)5/h7-8,10-11H,6,9,12H2,1-5H3,(H,22,27). The van der Waals surface area contributed by atoms with Crippen LogP contribution in [0.25, 0.3) is 0 Å². The van der Waals surface area contributed by atoms with Gasteiger partial charge in [-0.25, -0.2) is 0 Å². The number of aryl methyl sites for hydroxylation is 1. The molecule has 0 saturated carbocycles. The first-order valence-corrected chi connectivity index (χ1v) is 9.89. The van der Waals surface area contributed by atoms with Crippen molar-refractivity contribution in [2.75, 3.05) is 18.4 Å². The molecule has 0 unspecified atom stereocenters. The maximum absolute atomic E-state index is 12.9. The van der Waals surface area contributed by atoms with E-state index >= 15 is 0 Å². The Morgan fingerprint density at radius 1 is 1.30 bits per heavy atom. The van der Waals surface area contributed by atoms with Gasteiger partial charge in [0.1, 0.15) is 17.4 Å². The molecule has 0 atom stereocenters. The molecule has 30 heavy (non-hydrogen) atoms. The van der Waals surface area contributed by atoms with Gasteiger partial charge < -0.3 is 10.2 Å². The average Bonchev–Trinajstić information content (AvgIpc) is 3.01. The molecule has 0 aliphatic rings. The number of hydrogen-bond acceptors (Lipinski definition) is 5. The van der Waals surface area contributed by atoms with Crippen LogP contribution in [0.5, 0.6) is 0 Å². The normalized spacial score (nSPS) is 11.3. The molecular weight excluding hydrogens is 410 g/mol. The van der Waals surface area contributed by atoms with Crippen molar-refractivity contribution in [3.05, 3.63) is 50.7 Å². The van der Waals surface area contributed by atoms with Crippen LogP contribution in [0.15, 0.2) is 24.3 Å². The van der Waals surface area contributed by atoms with Crippen molar-refractivity contribution < 1.29 is 14.5 Å². The third-order valence-corrected chi connectivity index (χ3v) is 4.74. The number of nitrogens with zero attached hydrogens (tertiary/aromatic N) is 4. The van der Waals surface area contributed by atoms with E-state index in [-0.39, 0.29) is 34.1 Å². The van der Waals surface area contributed by atoms with E-state index in [1.54, 1.807) is 17.8 Å². The number of nitro benzene ring substituents is 1. The van der Waals surface area contributed by atoms with Gasteiger partial charge in [-0.05, 0) is 18.6 Å². The Balaban J connectivity index is 2.18. The molecule has 1 heterocycles. The molecule has 0 radical (unpaired) electrons. The number of nitro groups is 1. The van der Waals surface area contributed by atoms with Crippen molar-refractivity contribution in [3.8, 4) is 0 Å². The van der Waals surface area contributed by atoms with Crippen LogP contribution in [0.2, 0.25) is 5.02 Å². The second-order valence-electron chi connectivity index (χ2n) is 7.99. The smallest absolute Gasteiger partial charge is 0.288 e. The van der Waals surface area contributed by atoms with Crippen LogP contribution in [0.3, 0.4) is 0 Å². The third kappa shape index (κ3) is 5.56. The molecule has 2 aromatic rings. The second kappa shape index (κ2) is 9.25. The van der Waals surface area contributed by atoms with Crippen molar-refractivity contribution in [1.82, 2.24) is 14.7 Å². The highest BCUT2D eigenvalue weighted by molar-refractivity contribution is 6.32. The number of rotatable bonds is 7. The van der Waals surface area contributed by atoms with E-state index in [1.165, 1.54) is 17.0 Å². The molecular formula is C20H26ClN5O4. The summed E-state index contributed by atoms with van der Waals surface area (Å²) in [6.45, 7) is 8.06. The Bertz CT molecular complexity index is 965. The molecule has 0 aliphatic carbocycles. The summed E-state index contributed by atoms with van der Waals surface area (Å²) in [6.07, 6.45) is 0.620. The van der Waals surface area contributed by atoms with Gasteiger partial charge in [0, 0.05) is 36.7 Å². The van der Waals surface area contributed by atoms with E-state index in [4.69, 9.17) is 11.6 Å². The van der Waals surface area contributed by atoms with Crippen LogP contribution in [0.1, 0.15) is 50.2 Å². The van der Waals surface area contributed by atoms with Gasteiger partial charge in [0.15, 0.2) is 0 Å². The molecule has 9 nitrogen and oxygen atoms in total. The predicted molar refractivity (Wildman–Crippen MR) is 115 cm³/mol. The molecule has 0 fully saturated rings. The highest BCUT2D eigenvalue weighted by atomic mass is 35.5. The number of carbonyl (C=O) groups is 2. The van der Waals surface area contributed by atoms with Gasteiger partial charge in [0.05, 0.1) is 10.6 Å². The van der Waals surface area contributed by atoms with Crippen LogP contribution in [-0.2, 0) is 17.3 Å². The lowest BCUT2D eigenvalue weighted by Crippen LogP contribution is -2.38. The monoisotopic (exact) mass is 435 g/mol. The molecule has 0 saturated heterocycles. The first kappa shape index (κ1) is 23.3. The highest BCUT2D eigenvalue weighted by Crippen LogP contribution is 2.26. The third-order valence-electron chi connectivity index (χ3n) is 4.42. The molecule has 1 N–H and O–H groups in total. The van der Waals surface area contributed by atoms with Crippen molar-refractivity contribution in [2.45, 2.75) is 39.5 Å². The van der Waals surface area contributed by atoms with Gasteiger partial charge in [0.2, 0.25) is 5.91 Å². The summed E-state index contributed by atoms with van der Waals surface area (Å²) in [4.78, 5) is 37.3. The number of hydrogen-bond donors (Lipinski definition) is 1. The van der Waals surface area contributed by atoms with Gasteiger partial charge in [-0.3, -0.25) is 24.4 Å². The van der Waals surface area contributed by atoms with Crippen molar-refractivity contribution >= 4 is 34.9 Å². The maximum Gasteiger partial charge on any atom is 0.288 e. The number of halogens is 1. The molecule has 2 rings (SSSR count). The molecule has 2 amide bonds. The SMILES string of the molecule is CCCN(CC(=O)Nc1cc(C(C)(C)C)nn1C)C(=O)c1ccc(Cl)c([N+](=O)[O-])c1. The Morgan fingerprint density at radius 2 is 1.97 bits per heavy atom. The number of nitrogens with one attached hydrogen (secondary N) is 1. The fourth-order valence-corrected chi connectivity index (χ4v) is 2.98. The fourth-order valence-electron chi connectivity index (χ4n) is 2.80. The molecule has 0 spiro atoms. The number of amides is 2. The first-order chi connectivity index (χ1) is 13.9. The minimum atomic E-state index is -0.648. The average molecular weight is 436 g/mol. The summed E-state index contributed by atoms with van der Waals surface area (Å²) in [5.74, 6) is -0.341. The Kier molecular flexibility index (Phi) is 7.20. The van der Waals surface area contributed by atoms with Crippen LogP contribution >= 0.6 is 11.6 Å². The minimum absolute atomic E-state index is 0.0535. The number of anilines is 1. The molecule has 0 aliphatic heterocycles. The molecule has 10 heteroatoms. The predicted octanol–water partition coefficient (Wildman–Crippen LogP) is 3.77. The summed E-state index contributed by atoms with van der Waals surface area (Å²) in [5, 5.41) is 18.2. The van der Waals surface area contributed by atoms with Crippen molar-refractivity contribution in [3.63, 3.8) is 0 Å². The van der Waals surface area contributed by atoms with Crippen LogP contribution in [0, 0.1) is 10.1 Å². The lowest BCUT2D eigenvalue weighted by atomic mass is 9.92. The van der Waals surface area contributed by atoms with Gasteiger partial charge >= 0.3 is 0 Å². The van der Waals surface area contributed by atoms with Gasteiger partial charge in [-0.1, -0.05) is 39.3 Å². The molecule has 1 aromatic carbocycles. The largest absolute Gasteiger partial charge is 0.329 e. The number of benzene rings is 1. The topological polar surface area (TPSA) is 110 Å². The Labute approximate surface area is 180 Å². The summed E-state index contributed by atoms with van der Waals surface area (Å²) >= 11 is 5.82. The molecule has 1 aromatic heterocycles. The second-order valence-corrected chi connectivity index (χ2v) is 8.39. The van der Waals surface area contributed by atoms with Gasteiger partial charge in [0.25, 0.3) is 11.6 Å². The zero-order valence-corrected chi connectivity index (χ0v) is 18.5. The van der Waals surface area contributed by atoms with E-state index in [0.29, 0.717) is 18.8 Å². The van der Waals surface area contributed by atoms with E-state index in [1.807, 2.05) is 27.7 Å². The first-order valence-electron chi connectivity index (χ1n) is 9.51. The quantitative estimate of drug-likeness (QED) is 0.525. The van der Waals surface area contributed by atoms with Crippen LogP contribution in [-0.4, -0.2) is 44.5 Å². The molecule has 0 bridgehead atoms. The summed E-state index contributed by atoms with van der Waals surface area (Å²) in [6, 6.07) is 5.64. The number of carbonyl (C=O) groups excluding carboxylic acids is 2. The van der Waals surface area contributed by atoms with E-state index < -0.39 is 10.8 Å². The lowest BCUT2D eigenvalue weighted by molar-refractivity contribution is -0.384. The summed E-state index contributed by atoms with van der Waals surface area (Å²) in [7, 11) is 1.73. The molecule has 162 valence electrons. The zero-order chi connectivity index (χ0) is 22.6. The Hall–Kier alpha value is -2.94. The van der Waals surface area contributed by atoms with E-state index in [9.17, 15) is 19.7 Å². The van der Waals surface area contributed by atoms with Gasteiger partial charge in [-0.15, -0.1) is 0 Å². The zero-order valence-electron chi connectivity index (χ0n) is 17.7. The van der Waals surface area contributed by atoms with Crippen LogP contribution < -0.4 is 5.32 Å². The number of aromatic nitrogens is 2. The van der Waals surface area contributed by atoms with Crippen molar-refractivity contribution in [1.29, 1.82) is 0 Å². The summed E-state index contributed by atoms with van der Waals surface area (Å²) < 4.78 is 1.58. The van der Waals surface area contributed by atoms with E-state index in [0.717, 1.165) is 11.8 Å². The summed E-state index contributed by atoms with van der Waals surface area (Å²) in [5.41, 5.74) is 0.403. The van der Waals surface area contributed by atoms with Crippen LogP contribution in [0.4, 0.5) is 11.5 Å². The minimum Gasteiger partial charge on any atom is -0.329 e. The maximum atomic E-state index is 12.9. The fraction of sp³-hybridized carbons (Fsp3) is 0.450.